The monoisotopic (exact) mass is 294 g/mol. The van der Waals surface area contributed by atoms with Crippen LogP contribution in [-0.2, 0) is 9.53 Å². The molecule has 0 rings (SSSR count). The largest absolute Gasteiger partial charge is 0.466 e. The number of hydrogen-bond donors (Lipinski definition) is 0. The highest BCUT2D eigenvalue weighted by Gasteiger charge is 2.06. The summed E-state index contributed by atoms with van der Waals surface area (Å²) in [6, 6.07) is 0. The first kappa shape index (κ1) is 19.0. The second kappa shape index (κ2) is 11.8. The minimum atomic E-state index is -1.17. The van der Waals surface area contributed by atoms with Gasteiger partial charge in [0.05, 0.1) is 6.61 Å². The van der Waals surface area contributed by atoms with Gasteiger partial charge in [0.25, 0.3) is 0 Å². The first-order chi connectivity index (χ1) is 9.45. The van der Waals surface area contributed by atoms with Gasteiger partial charge >= 0.3 is 5.97 Å². The van der Waals surface area contributed by atoms with Gasteiger partial charge in [0, 0.05) is 12.8 Å². The maximum atomic E-state index is 11.1. The van der Waals surface area contributed by atoms with E-state index in [9.17, 15) is 4.79 Å². The number of carbonyl (C=O) groups excluding carboxylic acids is 1. The van der Waals surface area contributed by atoms with Gasteiger partial charge in [0.1, 0.15) is 8.07 Å². The van der Waals surface area contributed by atoms with E-state index < -0.39 is 8.07 Å². The molecular formula is C17H30O2Si. The van der Waals surface area contributed by atoms with Crippen LogP contribution in [0.3, 0.4) is 0 Å². The van der Waals surface area contributed by atoms with E-state index >= 15 is 0 Å². The lowest BCUT2D eigenvalue weighted by molar-refractivity contribution is -0.142. The van der Waals surface area contributed by atoms with Crippen molar-refractivity contribution in [1.29, 1.82) is 0 Å². The van der Waals surface area contributed by atoms with Gasteiger partial charge in [-0.1, -0.05) is 38.2 Å². The second-order valence-corrected chi connectivity index (χ2v) is 10.7. The van der Waals surface area contributed by atoms with E-state index in [1.165, 1.54) is 19.3 Å². The predicted octanol–water partition coefficient (Wildman–Crippen LogP) is 4.72. The molecule has 0 saturated heterocycles. The van der Waals surface area contributed by atoms with E-state index in [1.807, 2.05) is 6.92 Å². The van der Waals surface area contributed by atoms with E-state index in [-0.39, 0.29) is 5.97 Å². The fourth-order valence-electron chi connectivity index (χ4n) is 1.65. The lowest BCUT2D eigenvalue weighted by Gasteiger charge is -2.03. The van der Waals surface area contributed by atoms with Crippen molar-refractivity contribution in [3.05, 3.63) is 12.2 Å². The maximum absolute atomic E-state index is 11.1. The Morgan fingerprint density at radius 1 is 1.10 bits per heavy atom. The first-order valence-corrected chi connectivity index (χ1v) is 11.3. The van der Waals surface area contributed by atoms with Crippen molar-refractivity contribution in [2.75, 3.05) is 6.61 Å². The molecule has 0 bridgehead atoms. The zero-order valence-corrected chi connectivity index (χ0v) is 14.6. The van der Waals surface area contributed by atoms with Crippen LogP contribution in [0.4, 0.5) is 0 Å². The number of carbonyl (C=O) groups is 1. The molecular weight excluding hydrogens is 264 g/mol. The first-order valence-electron chi connectivity index (χ1n) is 7.76. The molecule has 0 aliphatic heterocycles. The van der Waals surface area contributed by atoms with E-state index in [2.05, 4.69) is 43.3 Å². The second-order valence-electron chi connectivity index (χ2n) is 5.97. The number of esters is 1. The summed E-state index contributed by atoms with van der Waals surface area (Å²) in [4.78, 5) is 11.1. The number of allylic oxidation sites excluding steroid dienone is 2. The zero-order valence-electron chi connectivity index (χ0n) is 13.6. The van der Waals surface area contributed by atoms with E-state index in [1.54, 1.807) is 0 Å². The molecule has 3 heteroatoms. The molecule has 0 heterocycles. The van der Waals surface area contributed by atoms with Crippen molar-refractivity contribution in [1.82, 2.24) is 0 Å². The normalized spacial score (nSPS) is 11.2. The van der Waals surface area contributed by atoms with Gasteiger partial charge in [-0.2, -0.15) is 0 Å². The van der Waals surface area contributed by atoms with Crippen LogP contribution in [0.25, 0.3) is 0 Å². The average molecular weight is 295 g/mol. The molecule has 0 aromatic carbocycles. The van der Waals surface area contributed by atoms with Gasteiger partial charge in [-0.05, 0) is 32.6 Å². The number of ether oxygens (including phenoxy) is 1. The Labute approximate surface area is 126 Å². The summed E-state index contributed by atoms with van der Waals surface area (Å²) in [7, 11) is -1.17. The summed E-state index contributed by atoms with van der Waals surface area (Å²) in [5.41, 5.74) is 3.39. The van der Waals surface area contributed by atoms with Crippen LogP contribution in [0.15, 0.2) is 12.2 Å². The van der Waals surface area contributed by atoms with Crippen molar-refractivity contribution in [2.24, 2.45) is 0 Å². The topological polar surface area (TPSA) is 26.3 Å². The summed E-state index contributed by atoms with van der Waals surface area (Å²) < 4.78 is 4.87. The smallest absolute Gasteiger partial charge is 0.306 e. The maximum Gasteiger partial charge on any atom is 0.306 e. The van der Waals surface area contributed by atoms with Crippen LogP contribution in [0, 0.1) is 11.5 Å². The van der Waals surface area contributed by atoms with Gasteiger partial charge in [-0.3, -0.25) is 4.79 Å². The summed E-state index contributed by atoms with van der Waals surface area (Å²) in [5, 5.41) is 0. The van der Waals surface area contributed by atoms with Crippen LogP contribution in [-0.4, -0.2) is 20.7 Å². The van der Waals surface area contributed by atoms with Crippen molar-refractivity contribution in [3.63, 3.8) is 0 Å². The Balaban J connectivity index is 3.39. The third-order valence-electron chi connectivity index (χ3n) is 2.62. The summed E-state index contributed by atoms with van der Waals surface area (Å²) >= 11 is 0. The molecule has 0 aromatic heterocycles. The fourth-order valence-corrected chi connectivity index (χ4v) is 2.31. The van der Waals surface area contributed by atoms with Gasteiger partial charge < -0.3 is 4.74 Å². The highest BCUT2D eigenvalue weighted by Crippen LogP contribution is 2.05. The molecule has 20 heavy (non-hydrogen) atoms. The Hall–Kier alpha value is -1.01. The van der Waals surface area contributed by atoms with Gasteiger partial charge in [0.2, 0.25) is 0 Å². The lowest BCUT2D eigenvalue weighted by atomic mass is 10.1. The fraction of sp³-hybridized carbons (Fsp3) is 0.706. The van der Waals surface area contributed by atoms with Crippen LogP contribution in [0.5, 0.6) is 0 Å². The molecule has 0 fully saturated rings. The Morgan fingerprint density at radius 2 is 1.80 bits per heavy atom. The molecule has 0 spiro atoms. The van der Waals surface area contributed by atoms with E-state index in [0.717, 1.165) is 19.3 Å². The molecule has 2 nitrogen and oxygen atoms in total. The molecule has 0 radical (unpaired) electrons. The molecule has 0 aliphatic rings. The SMILES string of the molecule is CCOC(=O)CC/C=C/CCCCCC#C[Si](C)(C)C. The van der Waals surface area contributed by atoms with Crippen LogP contribution < -0.4 is 0 Å². The predicted molar refractivity (Wildman–Crippen MR) is 89.2 cm³/mol. The summed E-state index contributed by atoms with van der Waals surface area (Å²) in [5.74, 6) is 3.20. The third-order valence-corrected chi connectivity index (χ3v) is 3.55. The van der Waals surface area contributed by atoms with Gasteiger partial charge in [-0.15, -0.1) is 11.5 Å². The molecule has 0 amide bonds. The van der Waals surface area contributed by atoms with Crippen molar-refractivity contribution >= 4 is 14.0 Å². The lowest BCUT2D eigenvalue weighted by Crippen LogP contribution is -2.16. The standard InChI is InChI=1S/C17H30O2Si/c1-5-19-17(18)15-13-11-9-7-6-8-10-12-14-16-20(2,3)4/h9,11H,5-8,10,12-13,15H2,1-4H3/b11-9+. The molecule has 114 valence electrons. The van der Waals surface area contributed by atoms with Gasteiger partial charge in [0.15, 0.2) is 0 Å². The highest BCUT2D eigenvalue weighted by atomic mass is 28.3. The third kappa shape index (κ3) is 15.0. The Morgan fingerprint density at radius 3 is 2.45 bits per heavy atom. The van der Waals surface area contributed by atoms with E-state index in [0.29, 0.717) is 13.0 Å². The quantitative estimate of drug-likeness (QED) is 0.202. The minimum absolute atomic E-state index is 0.0990. The molecule has 0 N–H and O–H groups in total. The molecule has 0 aromatic rings. The van der Waals surface area contributed by atoms with E-state index in [4.69, 9.17) is 4.74 Å². The molecule has 0 aliphatic carbocycles. The van der Waals surface area contributed by atoms with Crippen LogP contribution >= 0.6 is 0 Å². The number of unbranched alkanes of at least 4 members (excludes halogenated alkanes) is 4. The zero-order chi connectivity index (χ0) is 15.3. The summed E-state index contributed by atoms with van der Waals surface area (Å²) in [6.07, 6.45) is 11.3. The minimum Gasteiger partial charge on any atom is -0.466 e. The average Bonchev–Trinajstić information content (AvgIpc) is 2.35. The van der Waals surface area contributed by atoms with Crippen molar-refractivity contribution < 1.29 is 9.53 Å². The van der Waals surface area contributed by atoms with Crippen molar-refractivity contribution in [3.8, 4) is 11.5 Å². The molecule has 0 saturated carbocycles. The Kier molecular flexibility index (Phi) is 11.2. The number of hydrogen-bond acceptors (Lipinski definition) is 2. The highest BCUT2D eigenvalue weighted by molar-refractivity contribution is 6.83. The molecule has 0 unspecified atom stereocenters. The number of rotatable bonds is 9. The summed E-state index contributed by atoms with van der Waals surface area (Å²) in [6.45, 7) is 9.15. The van der Waals surface area contributed by atoms with Gasteiger partial charge in [-0.25, -0.2) is 0 Å². The van der Waals surface area contributed by atoms with Crippen LogP contribution in [0.2, 0.25) is 19.6 Å². The van der Waals surface area contributed by atoms with Crippen molar-refractivity contribution in [2.45, 2.75) is 71.5 Å². The molecule has 0 atom stereocenters. The van der Waals surface area contributed by atoms with Crippen LogP contribution in [0.1, 0.15) is 51.9 Å². The Bertz CT molecular complexity index is 342.